The average molecular weight is 935 g/mol. The number of carboxylic acids is 1. The quantitative estimate of drug-likeness (QED) is 0.0325. The number of unbranched alkanes of at least 4 members (excludes halogenated alkanes) is 4. The lowest BCUT2D eigenvalue weighted by molar-refractivity contribution is 0.0694. The van der Waals surface area contributed by atoms with E-state index in [1.165, 1.54) is 18.3 Å². The van der Waals surface area contributed by atoms with Crippen LogP contribution < -0.4 is 37.4 Å². The molecule has 2 aliphatic carbocycles. The van der Waals surface area contributed by atoms with Crippen LogP contribution in [0.3, 0.4) is 0 Å². The van der Waals surface area contributed by atoms with Crippen molar-refractivity contribution >= 4 is 85.7 Å². The Balaban J connectivity index is 0.723. The summed E-state index contributed by atoms with van der Waals surface area (Å²) in [6, 6.07) is 3.84. The van der Waals surface area contributed by atoms with E-state index in [1.54, 1.807) is 15.7 Å². The molecule has 4 aromatic rings. The van der Waals surface area contributed by atoms with Crippen molar-refractivity contribution in [1.29, 1.82) is 10.8 Å². The number of nitrogens with one attached hydrogen (secondary N) is 3. The lowest BCUT2D eigenvalue weighted by Crippen LogP contribution is -2.42. The third-order valence-corrected chi connectivity index (χ3v) is 13.6. The molecule has 346 valence electrons. The summed E-state index contributed by atoms with van der Waals surface area (Å²) in [6.07, 6.45) is 14.1. The Morgan fingerprint density at radius 3 is 2.12 bits per heavy atom. The molecule has 2 saturated carbocycles. The van der Waals surface area contributed by atoms with Gasteiger partial charge in [-0.25, -0.2) is 18.6 Å². The predicted molar refractivity (Wildman–Crippen MR) is 254 cm³/mol. The van der Waals surface area contributed by atoms with Gasteiger partial charge < -0.3 is 46.3 Å². The molecule has 0 radical (unpaired) electrons. The number of pyridine rings is 2. The molecule has 2 aliphatic heterocycles. The zero-order valence-corrected chi connectivity index (χ0v) is 37.7. The molecule has 0 amide bonds. The number of rotatable bonds is 18. The van der Waals surface area contributed by atoms with Crippen molar-refractivity contribution in [3.05, 3.63) is 78.3 Å². The zero-order valence-electron chi connectivity index (χ0n) is 36.2. The van der Waals surface area contributed by atoms with Crippen LogP contribution in [0.2, 0.25) is 10.0 Å². The van der Waals surface area contributed by atoms with Crippen LogP contribution in [0, 0.1) is 28.4 Å². The van der Waals surface area contributed by atoms with Gasteiger partial charge in [0.15, 0.2) is 17.3 Å². The van der Waals surface area contributed by atoms with Crippen LogP contribution in [0.1, 0.15) is 112 Å². The maximum Gasteiger partial charge on any atom is 0.341 e. The van der Waals surface area contributed by atoms with Crippen LogP contribution >= 0.6 is 23.2 Å². The SMILES string of the molecule is N=C(CCCCCCCN=C(N)NC(N)=NC1CCN(c2c(F)cc3c(=O)c(C(=O)O)cn(C4CC4)c3c2Cl)C1)CC(=N)CC1CCN(c2c(F)cc3c(=O)ccn(C4CC4)c3c2Cl)C1. The van der Waals surface area contributed by atoms with E-state index in [9.17, 15) is 19.5 Å². The maximum atomic E-state index is 15.6. The second kappa shape index (κ2) is 19.5. The van der Waals surface area contributed by atoms with E-state index in [-0.39, 0.29) is 62.5 Å². The van der Waals surface area contributed by atoms with Crippen LogP contribution in [-0.2, 0) is 0 Å². The van der Waals surface area contributed by atoms with Crippen molar-refractivity contribution in [2.45, 2.75) is 108 Å². The van der Waals surface area contributed by atoms with Crippen LogP contribution in [0.4, 0.5) is 20.2 Å². The van der Waals surface area contributed by atoms with Crippen LogP contribution in [0.5, 0.6) is 0 Å². The van der Waals surface area contributed by atoms with E-state index < -0.39 is 28.6 Å². The first kappa shape index (κ1) is 46.0. The van der Waals surface area contributed by atoms with E-state index in [4.69, 9.17) is 45.5 Å². The number of guanidine groups is 2. The van der Waals surface area contributed by atoms with Crippen molar-refractivity contribution in [2.75, 3.05) is 42.5 Å². The molecule has 8 N–H and O–H groups in total. The number of hydrogen-bond donors (Lipinski definition) is 6. The Hall–Kier alpha value is -5.55. The number of hydrogen-bond acceptors (Lipinski definition) is 9. The molecule has 2 unspecified atom stereocenters. The highest BCUT2D eigenvalue weighted by atomic mass is 35.5. The van der Waals surface area contributed by atoms with Crippen molar-refractivity contribution in [3.63, 3.8) is 0 Å². The summed E-state index contributed by atoms with van der Waals surface area (Å²) in [5.74, 6) is -2.22. The molecule has 2 atom stereocenters. The molecular weight excluding hydrogens is 879 g/mol. The number of nitrogens with two attached hydrogens (primary N) is 2. The molecule has 4 aliphatic rings. The maximum absolute atomic E-state index is 15.6. The Kier molecular flexibility index (Phi) is 13.8. The standard InChI is InChI=1S/C46H55Cl2F2N11O4/c47-37-39-31(36(62)13-17-60(39)29-7-8-29)20-34(49)41(37)58-15-11-25(22-58)18-27(52)19-26(51)6-4-2-1-3-5-14-55-45(53)57-46(54)56-28-12-16-59(23-28)42-35(50)21-32-40(38(42)48)61(30-9-10-30)24-33(43(32)63)44(64)65/h13,17,20-21,24-25,28-30,51-52H,1-12,14-16,18-19,22-23H2,(H,64,65)(H5,53,54,55,56,57). The van der Waals surface area contributed by atoms with E-state index >= 15 is 8.78 Å². The second-order valence-electron chi connectivity index (χ2n) is 18.0. The van der Waals surface area contributed by atoms with Crippen LogP contribution in [0.15, 0.2) is 50.2 Å². The second-order valence-corrected chi connectivity index (χ2v) is 18.7. The minimum Gasteiger partial charge on any atom is -0.477 e. The number of benzene rings is 2. The lowest BCUT2D eigenvalue weighted by atomic mass is 9.96. The molecule has 2 saturated heterocycles. The molecule has 19 heteroatoms. The molecule has 0 bridgehead atoms. The first-order chi connectivity index (χ1) is 31.2. The van der Waals surface area contributed by atoms with Gasteiger partial charge in [-0.2, -0.15) is 0 Å². The number of aromatic carboxylic acids is 1. The van der Waals surface area contributed by atoms with Crippen molar-refractivity contribution < 1.29 is 18.7 Å². The minimum atomic E-state index is -1.37. The van der Waals surface area contributed by atoms with Gasteiger partial charge >= 0.3 is 5.97 Å². The molecule has 0 spiro atoms. The fourth-order valence-corrected chi connectivity index (χ4v) is 10.2. The third-order valence-electron chi connectivity index (χ3n) is 12.9. The van der Waals surface area contributed by atoms with E-state index in [1.807, 2.05) is 9.47 Å². The molecule has 4 heterocycles. The monoisotopic (exact) mass is 933 g/mol. The summed E-state index contributed by atoms with van der Waals surface area (Å²) in [4.78, 5) is 49.8. The van der Waals surface area contributed by atoms with Gasteiger partial charge in [0, 0.05) is 81.1 Å². The minimum absolute atomic E-state index is 0.0121. The molecular formula is C46H55Cl2F2N11O4. The van der Waals surface area contributed by atoms with Crippen LogP contribution in [-0.4, -0.2) is 82.3 Å². The molecule has 8 rings (SSSR count). The van der Waals surface area contributed by atoms with Crippen molar-refractivity contribution in [1.82, 2.24) is 14.5 Å². The molecule has 15 nitrogen and oxygen atoms in total. The molecule has 65 heavy (non-hydrogen) atoms. The summed E-state index contributed by atoms with van der Waals surface area (Å²) in [6.45, 7) is 2.41. The number of anilines is 2. The highest BCUT2D eigenvalue weighted by molar-refractivity contribution is 6.38. The predicted octanol–water partition coefficient (Wildman–Crippen LogP) is 7.75. The van der Waals surface area contributed by atoms with Gasteiger partial charge in [-0.3, -0.25) is 19.9 Å². The zero-order chi connectivity index (χ0) is 46.1. The smallest absolute Gasteiger partial charge is 0.341 e. The summed E-state index contributed by atoms with van der Waals surface area (Å²) in [5.41, 5.74) is 13.2. The number of aliphatic imine (C=N–C) groups is 2. The Morgan fingerprint density at radius 1 is 0.815 bits per heavy atom. The fourth-order valence-electron chi connectivity index (χ4n) is 9.41. The number of nitrogens with zero attached hydrogens (tertiary/aromatic N) is 6. The summed E-state index contributed by atoms with van der Waals surface area (Å²) in [7, 11) is 0. The number of halogens is 4. The number of fused-ring (bicyclic) bond motifs is 2. The van der Waals surface area contributed by atoms with Gasteiger partial charge in [0.25, 0.3) is 0 Å². The van der Waals surface area contributed by atoms with Gasteiger partial charge in [0.05, 0.1) is 49.3 Å². The van der Waals surface area contributed by atoms with Gasteiger partial charge in [-0.1, -0.05) is 42.5 Å². The third kappa shape index (κ3) is 10.3. The highest BCUT2D eigenvalue weighted by Crippen LogP contribution is 2.44. The Bertz CT molecular complexity index is 2730. The number of carboxylic acid groups (broad SMARTS) is 1. The average Bonchev–Trinajstić information content (AvgIpc) is 4.18. The number of carbonyl (C=O) groups is 1. The molecule has 4 fully saturated rings. The normalized spacial score (nSPS) is 19.2. The summed E-state index contributed by atoms with van der Waals surface area (Å²) < 4.78 is 34.7. The van der Waals surface area contributed by atoms with Crippen LogP contribution in [0.25, 0.3) is 21.8 Å². The fraction of sp³-hybridized carbons (Fsp3) is 0.500. The van der Waals surface area contributed by atoms with E-state index in [0.717, 1.165) is 70.3 Å². The Labute approximate surface area is 384 Å². The van der Waals surface area contributed by atoms with E-state index in [0.29, 0.717) is 91.9 Å². The highest BCUT2D eigenvalue weighted by Gasteiger charge is 2.34. The summed E-state index contributed by atoms with van der Waals surface area (Å²) in [5, 5.41) is 30.1. The first-order valence-corrected chi connectivity index (χ1v) is 23.3. The van der Waals surface area contributed by atoms with Gasteiger partial charge in [0.2, 0.25) is 5.43 Å². The molecule has 2 aromatic heterocycles. The topological polar surface area (TPSA) is 224 Å². The first-order valence-electron chi connectivity index (χ1n) is 22.5. The summed E-state index contributed by atoms with van der Waals surface area (Å²) >= 11 is 13.6. The van der Waals surface area contributed by atoms with E-state index in [2.05, 4.69) is 15.3 Å². The van der Waals surface area contributed by atoms with Crippen molar-refractivity contribution in [3.8, 4) is 0 Å². The largest absolute Gasteiger partial charge is 0.477 e. The Morgan fingerprint density at radius 2 is 1.43 bits per heavy atom. The van der Waals surface area contributed by atoms with Gasteiger partial charge in [-0.15, -0.1) is 0 Å². The number of aromatic nitrogens is 2. The van der Waals surface area contributed by atoms with Gasteiger partial charge in [0.1, 0.15) is 17.2 Å². The molecule has 2 aromatic carbocycles. The van der Waals surface area contributed by atoms with Gasteiger partial charge in [-0.05, 0) is 82.3 Å². The lowest BCUT2D eigenvalue weighted by Gasteiger charge is -2.23. The van der Waals surface area contributed by atoms with Crippen molar-refractivity contribution in [2.24, 2.45) is 27.4 Å².